The summed E-state index contributed by atoms with van der Waals surface area (Å²) in [7, 11) is 0. The quantitative estimate of drug-likeness (QED) is 0.324. The van der Waals surface area contributed by atoms with Gasteiger partial charge in [0.2, 0.25) is 0 Å². The molecular weight excluding hydrogens is 450 g/mol. The molecule has 0 radical (unpaired) electrons. The van der Waals surface area contributed by atoms with Crippen LogP contribution in [0.3, 0.4) is 0 Å². The molecule has 0 saturated heterocycles. The molecule has 4 aromatic rings. The molecule has 3 nitrogen and oxygen atoms in total. The third-order valence-electron chi connectivity index (χ3n) is 4.34. The molecule has 0 atom stereocenters. The Labute approximate surface area is 186 Å². The van der Waals surface area contributed by atoms with E-state index in [0.717, 1.165) is 5.56 Å². The Morgan fingerprint density at radius 1 is 0.793 bits per heavy atom. The topological polar surface area (TPSA) is 34.9 Å². The van der Waals surface area contributed by atoms with Gasteiger partial charge in [-0.15, -0.1) is 0 Å². The average Bonchev–Trinajstić information content (AvgIpc) is 2.69. The number of hydrogen-bond donors (Lipinski definition) is 0. The Bertz CT molecular complexity index is 1310. The largest absolute Gasteiger partial charge is 0.268 e. The van der Waals surface area contributed by atoms with Crippen LogP contribution in [0.15, 0.2) is 65.5 Å². The van der Waals surface area contributed by atoms with E-state index >= 15 is 0 Å². The van der Waals surface area contributed by atoms with E-state index in [4.69, 9.17) is 46.4 Å². The van der Waals surface area contributed by atoms with E-state index in [9.17, 15) is 4.79 Å². The predicted molar refractivity (Wildman–Crippen MR) is 123 cm³/mol. The fraction of sp³-hybridized carbons (Fsp3) is 0. The van der Waals surface area contributed by atoms with Gasteiger partial charge in [0, 0.05) is 10.0 Å². The second-order valence-electron chi connectivity index (χ2n) is 6.20. The van der Waals surface area contributed by atoms with Gasteiger partial charge in [-0.2, -0.15) is 0 Å². The monoisotopic (exact) mass is 460 g/mol. The third-order valence-corrected chi connectivity index (χ3v) is 5.51. The van der Waals surface area contributed by atoms with Crippen LogP contribution in [0.4, 0.5) is 0 Å². The molecule has 7 heteroatoms. The summed E-state index contributed by atoms with van der Waals surface area (Å²) in [6.07, 6.45) is 3.46. The van der Waals surface area contributed by atoms with Crippen molar-refractivity contribution < 1.29 is 0 Å². The second-order valence-corrected chi connectivity index (χ2v) is 7.86. The van der Waals surface area contributed by atoms with E-state index in [1.165, 1.54) is 4.57 Å². The maximum atomic E-state index is 13.3. The minimum atomic E-state index is -0.271. The number of hydrogen-bond acceptors (Lipinski definition) is 2. The Balaban J connectivity index is 2.00. The highest BCUT2D eigenvalue weighted by atomic mass is 35.5. The zero-order valence-corrected chi connectivity index (χ0v) is 17.8. The van der Waals surface area contributed by atoms with Crippen molar-refractivity contribution in [2.75, 3.05) is 0 Å². The van der Waals surface area contributed by atoms with Crippen LogP contribution >= 0.6 is 46.4 Å². The summed E-state index contributed by atoms with van der Waals surface area (Å²) in [5, 5.41) is 2.17. The minimum absolute atomic E-state index is 0.271. The summed E-state index contributed by atoms with van der Waals surface area (Å²) in [6, 6.07) is 17.3. The van der Waals surface area contributed by atoms with Gasteiger partial charge in [-0.05, 0) is 54.1 Å². The van der Waals surface area contributed by atoms with Crippen molar-refractivity contribution in [2.45, 2.75) is 0 Å². The Kier molecular flexibility index (Phi) is 5.66. The van der Waals surface area contributed by atoms with E-state index in [1.807, 2.05) is 6.07 Å². The highest BCUT2D eigenvalue weighted by Gasteiger charge is 2.16. The molecule has 144 valence electrons. The van der Waals surface area contributed by atoms with Crippen molar-refractivity contribution in [2.24, 2.45) is 0 Å². The molecular formula is C22H12Cl4N2O. The molecule has 4 rings (SSSR count). The highest BCUT2D eigenvalue weighted by molar-refractivity contribution is 6.38. The van der Waals surface area contributed by atoms with Gasteiger partial charge in [-0.25, -0.2) is 4.98 Å². The van der Waals surface area contributed by atoms with Crippen LogP contribution in [0.2, 0.25) is 20.1 Å². The van der Waals surface area contributed by atoms with E-state index in [2.05, 4.69) is 4.98 Å². The zero-order chi connectivity index (χ0) is 20.5. The molecule has 0 bridgehead atoms. The number of nitrogens with zero attached hydrogens (tertiary/aromatic N) is 2. The van der Waals surface area contributed by atoms with Crippen molar-refractivity contribution in [3.05, 3.63) is 102 Å². The summed E-state index contributed by atoms with van der Waals surface area (Å²) in [5.74, 6) is 0.370. The van der Waals surface area contributed by atoms with Crippen molar-refractivity contribution in [3.63, 3.8) is 0 Å². The van der Waals surface area contributed by atoms with Crippen LogP contribution < -0.4 is 5.56 Å². The lowest BCUT2D eigenvalue weighted by molar-refractivity contribution is 0.944. The molecule has 0 aliphatic carbocycles. The zero-order valence-electron chi connectivity index (χ0n) is 14.7. The molecule has 0 saturated carbocycles. The fourth-order valence-electron chi connectivity index (χ4n) is 2.98. The number of benzene rings is 3. The fourth-order valence-corrected chi connectivity index (χ4v) is 4.02. The predicted octanol–water partition coefficient (Wildman–Crippen LogP) is 7.17. The van der Waals surface area contributed by atoms with Crippen LogP contribution in [0.5, 0.6) is 0 Å². The highest BCUT2D eigenvalue weighted by Crippen LogP contribution is 2.29. The first-order valence-corrected chi connectivity index (χ1v) is 10.1. The van der Waals surface area contributed by atoms with Gasteiger partial charge in [-0.1, -0.05) is 70.7 Å². The molecule has 0 amide bonds. The van der Waals surface area contributed by atoms with Crippen LogP contribution in [0.1, 0.15) is 11.4 Å². The van der Waals surface area contributed by atoms with Crippen LogP contribution in [-0.4, -0.2) is 9.55 Å². The van der Waals surface area contributed by atoms with Crippen LogP contribution in [-0.2, 0) is 0 Å². The standard InChI is InChI=1S/C22H12Cl4N2O/c23-14-10-8-13(18(26)12-14)9-11-20-27-19-7-2-1-4-15(19)22(29)28(20)21-16(24)5-3-6-17(21)25/h1-12H. The van der Waals surface area contributed by atoms with Crippen molar-refractivity contribution >= 4 is 69.5 Å². The lowest BCUT2D eigenvalue weighted by Crippen LogP contribution is -2.23. The van der Waals surface area contributed by atoms with Crippen molar-refractivity contribution in [3.8, 4) is 5.69 Å². The van der Waals surface area contributed by atoms with E-state index in [1.54, 1.807) is 66.7 Å². The summed E-state index contributed by atoms with van der Waals surface area (Å²) in [5.41, 5.74) is 1.41. The van der Waals surface area contributed by atoms with Crippen molar-refractivity contribution in [1.82, 2.24) is 9.55 Å². The Morgan fingerprint density at radius 3 is 2.24 bits per heavy atom. The summed E-state index contributed by atoms with van der Waals surface area (Å²) >= 11 is 25.0. The number of rotatable bonds is 3. The Hall–Kier alpha value is -2.30. The lowest BCUT2D eigenvalue weighted by Gasteiger charge is -2.14. The van der Waals surface area contributed by atoms with Gasteiger partial charge < -0.3 is 0 Å². The molecule has 29 heavy (non-hydrogen) atoms. The molecule has 3 aromatic carbocycles. The normalized spacial score (nSPS) is 11.4. The average molecular weight is 462 g/mol. The SMILES string of the molecule is O=c1c2ccccc2nc(C=Cc2ccc(Cl)cc2Cl)n1-c1c(Cl)cccc1Cl. The maximum Gasteiger partial charge on any atom is 0.266 e. The first-order valence-electron chi connectivity index (χ1n) is 8.55. The van der Waals surface area contributed by atoms with Crippen molar-refractivity contribution in [1.29, 1.82) is 0 Å². The molecule has 1 aromatic heterocycles. The summed E-state index contributed by atoms with van der Waals surface area (Å²) in [4.78, 5) is 18.0. The van der Waals surface area contributed by atoms with E-state index < -0.39 is 0 Å². The molecule has 0 aliphatic heterocycles. The minimum Gasteiger partial charge on any atom is -0.268 e. The lowest BCUT2D eigenvalue weighted by atomic mass is 10.2. The second kappa shape index (κ2) is 8.21. The van der Waals surface area contributed by atoms with Gasteiger partial charge in [0.05, 0.1) is 26.6 Å². The molecule has 0 spiro atoms. The molecule has 0 fully saturated rings. The van der Waals surface area contributed by atoms with Gasteiger partial charge in [0.1, 0.15) is 5.82 Å². The molecule has 0 aliphatic rings. The van der Waals surface area contributed by atoms with Gasteiger partial charge in [0.15, 0.2) is 0 Å². The van der Waals surface area contributed by atoms with E-state index in [0.29, 0.717) is 42.5 Å². The smallest absolute Gasteiger partial charge is 0.266 e. The van der Waals surface area contributed by atoms with E-state index in [-0.39, 0.29) is 5.56 Å². The molecule has 1 heterocycles. The van der Waals surface area contributed by atoms with Gasteiger partial charge >= 0.3 is 0 Å². The Morgan fingerprint density at radius 2 is 1.52 bits per heavy atom. The number of fused-ring (bicyclic) bond motifs is 1. The van der Waals surface area contributed by atoms with Gasteiger partial charge in [0.25, 0.3) is 5.56 Å². The summed E-state index contributed by atoms with van der Waals surface area (Å²) in [6.45, 7) is 0. The maximum absolute atomic E-state index is 13.3. The number of aromatic nitrogens is 2. The first-order chi connectivity index (χ1) is 14.0. The molecule has 0 unspecified atom stereocenters. The van der Waals surface area contributed by atoms with Crippen LogP contribution in [0.25, 0.3) is 28.7 Å². The number of para-hydroxylation sites is 2. The third kappa shape index (κ3) is 3.92. The summed E-state index contributed by atoms with van der Waals surface area (Å²) < 4.78 is 1.41. The molecule has 0 N–H and O–H groups in total. The first kappa shape index (κ1) is 20.0. The number of halogens is 4. The van der Waals surface area contributed by atoms with Gasteiger partial charge in [-0.3, -0.25) is 9.36 Å². The van der Waals surface area contributed by atoms with Crippen LogP contribution in [0, 0.1) is 0 Å².